The zero-order valence-corrected chi connectivity index (χ0v) is 13.8. The Morgan fingerprint density at radius 1 is 1.05 bits per heavy atom. The van der Waals surface area contributed by atoms with E-state index in [9.17, 15) is 8.42 Å². The summed E-state index contributed by atoms with van der Waals surface area (Å²) >= 11 is 0. The minimum Gasteiger partial charge on any atom is -0.352 e. The lowest BCUT2D eigenvalue weighted by Crippen LogP contribution is -2.40. The summed E-state index contributed by atoms with van der Waals surface area (Å²) in [6.07, 6.45) is -0.537. The van der Waals surface area contributed by atoms with Gasteiger partial charge in [-0.05, 0) is 26.3 Å². The average molecular weight is 315 g/mol. The standard InChI is InChI=1S/C15H25NO4S/c1-4-19-15(20-5-2)13-16(21(17,18)6-3)12-14-10-8-7-9-11-14/h7-11,15H,4-6,12-13H2,1-3H3. The molecule has 0 aliphatic carbocycles. The van der Waals surface area contributed by atoms with Gasteiger partial charge in [-0.1, -0.05) is 30.3 Å². The van der Waals surface area contributed by atoms with Gasteiger partial charge in [-0.3, -0.25) is 0 Å². The highest BCUT2D eigenvalue weighted by Gasteiger charge is 2.24. The van der Waals surface area contributed by atoms with Crippen LogP contribution >= 0.6 is 0 Å². The molecule has 120 valence electrons. The van der Waals surface area contributed by atoms with Crippen molar-refractivity contribution in [3.8, 4) is 0 Å². The molecule has 0 N–H and O–H groups in total. The molecule has 0 aliphatic heterocycles. The minimum absolute atomic E-state index is 0.0603. The second kappa shape index (κ2) is 9.15. The highest BCUT2D eigenvalue weighted by atomic mass is 32.2. The molecule has 0 unspecified atom stereocenters. The van der Waals surface area contributed by atoms with Crippen molar-refractivity contribution in [3.05, 3.63) is 35.9 Å². The van der Waals surface area contributed by atoms with Crippen molar-refractivity contribution >= 4 is 10.0 Å². The Labute approximate surface area is 127 Å². The summed E-state index contributed by atoms with van der Waals surface area (Å²) in [6.45, 7) is 6.86. The molecule has 0 bridgehead atoms. The van der Waals surface area contributed by atoms with Gasteiger partial charge in [-0.15, -0.1) is 0 Å². The fourth-order valence-corrected chi connectivity index (χ4v) is 3.00. The summed E-state index contributed by atoms with van der Waals surface area (Å²) in [7, 11) is -3.32. The second-order valence-electron chi connectivity index (χ2n) is 4.52. The molecule has 0 saturated carbocycles. The van der Waals surface area contributed by atoms with E-state index >= 15 is 0 Å². The summed E-state index contributed by atoms with van der Waals surface area (Å²) in [4.78, 5) is 0. The van der Waals surface area contributed by atoms with Gasteiger partial charge < -0.3 is 9.47 Å². The number of benzene rings is 1. The van der Waals surface area contributed by atoms with Gasteiger partial charge in [0.1, 0.15) is 0 Å². The molecule has 1 rings (SSSR count). The quantitative estimate of drug-likeness (QED) is 0.621. The zero-order valence-electron chi connectivity index (χ0n) is 13.0. The van der Waals surface area contributed by atoms with E-state index in [4.69, 9.17) is 9.47 Å². The second-order valence-corrected chi connectivity index (χ2v) is 6.78. The molecule has 0 heterocycles. The molecule has 0 saturated heterocycles. The number of rotatable bonds is 10. The number of hydrogen-bond donors (Lipinski definition) is 0. The number of hydrogen-bond acceptors (Lipinski definition) is 4. The van der Waals surface area contributed by atoms with Crippen LogP contribution in [0.5, 0.6) is 0 Å². The normalized spacial score (nSPS) is 12.2. The van der Waals surface area contributed by atoms with Crippen molar-refractivity contribution < 1.29 is 17.9 Å². The van der Waals surface area contributed by atoms with Gasteiger partial charge in [-0.25, -0.2) is 8.42 Å². The first kappa shape index (κ1) is 18.1. The van der Waals surface area contributed by atoms with Crippen molar-refractivity contribution in [2.45, 2.75) is 33.6 Å². The predicted molar refractivity (Wildman–Crippen MR) is 83.4 cm³/mol. The van der Waals surface area contributed by atoms with Crippen LogP contribution in [0.3, 0.4) is 0 Å². The fraction of sp³-hybridized carbons (Fsp3) is 0.600. The van der Waals surface area contributed by atoms with Gasteiger partial charge in [0.25, 0.3) is 0 Å². The van der Waals surface area contributed by atoms with Crippen LogP contribution in [-0.4, -0.2) is 44.5 Å². The maximum Gasteiger partial charge on any atom is 0.214 e. The molecule has 0 amide bonds. The third kappa shape index (κ3) is 6.13. The van der Waals surface area contributed by atoms with Gasteiger partial charge >= 0.3 is 0 Å². The first-order valence-corrected chi connectivity index (χ1v) is 8.89. The Balaban J connectivity index is 2.87. The molecule has 1 aromatic rings. The maximum atomic E-state index is 12.3. The Morgan fingerprint density at radius 3 is 2.10 bits per heavy atom. The fourth-order valence-electron chi connectivity index (χ4n) is 1.94. The zero-order chi connectivity index (χ0) is 15.7. The molecule has 5 nitrogen and oxygen atoms in total. The molecule has 1 aromatic carbocycles. The Bertz CT molecular complexity index is 484. The van der Waals surface area contributed by atoms with E-state index in [0.29, 0.717) is 19.8 Å². The summed E-state index contributed by atoms with van der Waals surface area (Å²) in [5.74, 6) is 0.0603. The number of ether oxygens (including phenoxy) is 2. The molecule has 0 aromatic heterocycles. The number of nitrogens with zero attached hydrogens (tertiary/aromatic N) is 1. The van der Waals surface area contributed by atoms with E-state index in [0.717, 1.165) is 5.56 Å². The van der Waals surface area contributed by atoms with Crippen LogP contribution in [0.4, 0.5) is 0 Å². The SMILES string of the molecule is CCOC(CN(Cc1ccccc1)S(=O)(=O)CC)OCC. The Kier molecular flexibility index (Phi) is 7.88. The van der Waals surface area contributed by atoms with Gasteiger partial charge in [0, 0.05) is 19.8 Å². The van der Waals surface area contributed by atoms with E-state index < -0.39 is 16.3 Å². The minimum atomic E-state index is -3.32. The molecule has 0 fully saturated rings. The molecule has 21 heavy (non-hydrogen) atoms. The third-order valence-corrected chi connectivity index (χ3v) is 4.81. The highest BCUT2D eigenvalue weighted by molar-refractivity contribution is 7.89. The lowest BCUT2D eigenvalue weighted by atomic mass is 10.2. The van der Waals surface area contributed by atoms with Crippen LogP contribution in [0, 0.1) is 0 Å². The molecule has 0 spiro atoms. The largest absolute Gasteiger partial charge is 0.352 e. The van der Waals surface area contributed by atoms with E-state index in [1.165, 1.54) is 4.31 Å². The molecular weight excluding hydrogens is 290 g/mol. The van der Waals surface area contributed by atoms with Crippen molar-refractivity contribution in [1.29, 1.82) is 0 Å². The number of sulfonamides is 1. The maximum absolute atomic E-state index is 12.3. The van der Waals surface area contributed by atoms with Gasteiger partial charge in [0.05, 0.1) is 12.3 Å². The summed E-state index contributed by atoms with van der Waals surface area (Å²) in [5, 5.41) is 0. The van der Waals surface area contributed by atoms with Crippen LogP contribution in [0.15, 0.2) is 30.3 Å². The van der Waals surface area contributed by atoms with Crippen molar-refractivity contribution in [3.63, 3.8) is 0 Å². The van der Waals surface area contributed by atoms with Crippen molar-refractivity contribution in [1.82, 2.24) is 4.31 Å². The van der Waals surface area contributed by atoms with Crippen LogP contribution < -0.4 is 0 Å². The predicted octanol–water partition coefficient (Wildman–Crippen LogP) is 2.24. The van der Waals surface area contributed by atoms with Crippen LogP contribution in [-0.2, 0) is 26.0 Å². The lowest BCUT2D eigenvalue weighted by molar-refractivity contribution is -0.140. The summed E-state index contributed by atoms with van der Waals surface area (Å²) in [6, 6.07) is 9.53. The summed E-state index contributed by atoms with van der Waals surface area (Å²) < 4.78 is 36.9. The Hall–Kier alpha value is -0.950. The third-order valence-electron chi connectivity index (χ3n) is 3.02. The van der Waals surface area contributed by atoms with Gasteiger partial charge in [-0.2, -0.15) is 4.31 Å². The molecule has 0 aliphatic rings. The van der Waals surface area contributed by atoms with Gasteiger partial charge in [0.15, 0.2) is 6.29 Å². The highest BCUT2D eigenvalue weighted by Crippen LogP contribution is 2.12. The Morgan fingerprint density at radius 2 is 1.62 bits per heavy atom. The topological polar surface area (TPSA) is 55.8 Å². The summed E-state index contributed by atoms with van der Waals surface area (Å²) in [5.41, 5.74) is 0.946. The lowest BCUT2D eigenvalue weighted by Gasteiger charge is -2.26. The van der Waals surface area contributed by atoms with Crippen LogP contribution in [0.25, 0.3) is 0 Å². The van der Waals surface area contributed by atoms with E-state index in [2.05, 4.69) is 0 Å². The smallest absolute Gasteiger partial charge is 0.214 e. The molecule has 0 atom stereocenters. The first-order chi connectivity index (χ1) is 10.0. The van der Waals surface area contributed by atoms with E-state index in [1.807, 2.05) is 44.2 Å². The first-order valence-electron chi connectivity index (χ1n) is 7.28. The van der Waals surface area contributed by atoms with E-state index in [1.54, 1.807) is 6.92 Å². The average Bonchev–Trinajstić information content (AvgIpc) is 2.48. The van der Waals surface area contributed by atoms with Gasteiger partial charge in [0.2, 0.25) is 10.0 Å². The van der Waals surface area contributed by atoms with Crippen LogP contribution in [0.1, 0.15) is 26.3 Å². The molecule has 0 radical (unpaired) electrons. The van der Waals surface area contributed by atoms with Crippen molar-refractivity contribution in [2.75, 3.05) is 25.5 Å². The van der Waals surface area contributed by atoms with Crippen molar-refractivity contribution in [2.24, 2.45) is 0 Å². The molecular formula is C15H25NO4S. The van der Waals surface area contributed by atoms with E-state index in [-0.39, 0.29) is 12.3 Å². The molecule has 6 heteroatoms. The van der Waals surface area contributed by atoms with Crippen LogP contribution in [0.2, 0.25) is 0 Å². The monoisotopic (exact) mass is 315 g/mol.